The van der Waals surface area contributed by atoms with Gasteiger partial charge in [0, 0.05) is 45.6 Å². The van der Waals surface area contributed by atoms with Crippen molar-refractivity contribution in [2.24, 2.45) is 5.92 Å². The van der Waals surface area contributed by atoms with E-state index in [0.29, 0.717) is 24.3 Å². The maximum Gasteiger partial charge on any atom is 0.223 e. The molecule has 1 aromatic rings. The molecule has 3 rings (SSSR count). The third-order valence-corrected chi connectivity index (χ3v) is 5.80. The molecule has 0 aromatic carbocycles. The highest BCUT2D eigenvalue weighted by Gasteiger charge is 2.41. The number of piperidine rings is 1. The van der Waals surface area contributed by atoms with Crippen LogP contribution in [0.25, 0.3) is 0 Å². The number of carbonyl (C=O) groups excluding carboxylic acids is 1. The van der Waals surface area contributed by atoms with Gasteiger partial charge in [0.25, 0.3) is 0 Å². The van der Waals surface area contributed by atoms with E-state index in [2.05, 4.69) is 10.1 Å². The quantitative estimate of drug-likeness (QED) is 0.799. The second-order valence-electron chi connectivity index (χ2n) is 7.40. The highest BCUT2D eigenvalue weighted by molar-refractivity contribution is 5.76. The number of methoxy groups -OCH3 is 1. The maximum atomic E-state index is 12.6. The number of likely N-dealkylation sites (tertiary alicyclic amines) is 1. The standard InChI is InChI=1S/C18H29N3O3/c1-14-19-17(20-24-14)18(9-12-23-2)7-10-21(11-8-18)16(22)13-15-5-3-4-6-15/h15H,3-13H2,1-2H3. The lowest BCUT2D eigenvalue weighted by atomic mass is 9.75. The SMILES string of the molecule is COCCC1(c2noc(C)n2)CCN(C(=O)CC2CCCC2)CC1. The third kappa shape index (κ3) is 3.79. The van der Waals surface area contributed by atoms with E-state index in [1.165, 1.54) is 25.7 Å². The van der Waals surface area contributed by atoms with Gasteiger partial charge in [-0.25, -0.2) is 0 Å². The Hall–Kier alpha value is -1.43. The molecule has 1 aliphatic heterocycles. The first-order chi connectivity index (χ1) is 11.6. The summed E-state index contributed by atoms with van der Waals surface area (Å²) in [6, 6.07) is 0. The molecule has 0 atom stereocenters. The lowest BCUT2D eigenvalue weighted by Gasteiger charge is -2.40. The van der Waals surface area contributed by atoms with E-state index in [1.54, 1.807) is 7.11 Å². The Morgan fingerprint density at radius 2 is 2.04 bits per heavy atom. The van der Waals surface area contributed by atoms with Crippen molar-refractivity contribution in [1.29, 1.82) is 0 Å². The van der Waals surface area contributed by atoms with Crippen LogP contribution in [0.5, 0.6) is 0 Å². The third-order valence-electron chi connectivity index (χ3n) is 5.80. The van der Waals surface area contributed by atoms with E-state index in [0.717, 1.165) is 44.6 Å². The predicted octanol–water partition coefficient (Wildman–Crippen LogP) is 2.86. The molecule has 134 valence electrons. The molecule has 1 saturated heterocycles. The van der Waals surface area contributed by atoms with E-state index in [4.69, 9.17) is 9.26 Å². The van der Waals surface area contributed by atoms with Gasteiger partial charge in [0.2, 0.25) is 11.8 Å². The van der Waals surface area contributed by atoms with Crippen LogP contribution < -0.4 is 0 Å². The number of nitrogens with zero attached hydrogens (tertiary/aromatic N) is 3. The Kier molecular flexibility index (Phi) is 5.54. The molecule has 0 spiro atoms. The van der Waals surface area contributed by atoms with Gasteiger partial charge in [-0.1, -0.05) is 18.0 Å². The first-order valence-electron chi connectivity index (χ1n) is 9.20. The van der Waals surface area contributed by atoms with Gasteiger partial charge in [-0.15, -0.1) is 0 Å². The van der Waals surface area contributed by atoms with Crippen LogP contribution in [0.4, 0.5) is 0 Å². The predicted molar refractivity (Wildman–Crippen MR) is 89.6 cm³/mol. The molecule has 0 N–H and O–H groups in total. The fourth-order valence-corrected chi connectivity index (χ4v) is 4.17. The Morgan fingerprint density at radius 1 is 1.33 bits per heavy atom. The first-order valence-corrected chi connectivity index (χ1v) is 9.20. The second-order valence-corrected chi connectivity index (χ2v) is 7.40. The van der Waals surface area contributed by atoms with Crippen LogP contribution in [0, 0.1) is 12.8 Å². The van der Waals surface area contributed by atoms with Crippen LogP contribution >= 0.6 is 0 Å². The Labute approximate surface area is 143 Å². The highest BCUT2D eigenvalue weighted by Crippen LogP contribution is 2.38. The van der Waals surface area contributed by atoms with E-state index in [1.807, 2.05) is 11.8 Å². The summed E-state index contributed by atoms with van der Waals surface area (Å²) in [5.74, 6) is 2.31. The van der Waals surface area contributed by atoms with E-state index in [-0.39, 0.29) is 5.41 Å². The summed E-state index contributed by atoms with van der Waals surface area (Å²) in [6.07, 6.45) is 8.38. The van der Waals surface area contributed by atoms with Crippen LogP contribution in [0.3, 0.4) is 0 Å². The lowest BCUT2D eigenvalue weighted by molar-refractivity contribution is -0.134. The van der Waals surface area contributed by atoms with Crippen LogP contribution in [0.2, 0.25) is 0 Å². The summed E-state index contributed by atoms with van der Waals surface area (Å²) in [5.41, 5.74) is -0.127. The maximum absolute atomic E-state index is 12.6. The van der Waals surface area contributed by atoms with Crippen molar-refractivity contribution in [2.75, 3.05) is 26.8 Å². The van der Waals surface area contributed by atoms with Crippen molar-refractivity contribution in [3.8, 4) is 0 Å². The molecule has 0 bridgehead atoms. The molecule has 1 saturated carbocycles. The molecule has 24 heavy (non-hydrogen) atoms. The van der Waals surface area contributed by atoms with Crippen LogP contribution in [0.1, 0.15) is 63.1 Å². The number of rotatable bonds is 6. The number of aryl methyl sites for hydroxylation is 1. The molecular formula is C18H29N3O3. The minimum Gasteiger partial charge on any atom is -0.385 e. The van der Waals surface area contributed by atoms with Crippen molar-refractivity contribution in [3.05, 3.63) is 11.7 Å². The van der Waals surface area contributed by atoms with Crippen LogP contribution in [0.15, 0.2) is 4.52 Å². The van der Waals surface area contributed by atoms with Gasteiger partial charge in [0.05, 0.1) is 0 Å². The first kappa shape index (κ1) is 17.4. The molecule has 1 amide bonds. The zero-order chi connectivity index (χ0) is 17.0. The molecular weight excluding hydrogens is 306 g/mol. The Morgan fingerprint density at radius 3 is 2.62 bits per heavy atom. The van der Waals surface area contributed by atoms with Gasteiger partial charge < -0.3 is 14.2 Å². The van der Waals surface area contributed by atoms with Crippen molar-refractivity contribution >= 4 is 5.91 Å². The minimum atomic E-state index is -0.127. The molecule has 6 nitrogen and oxygen atoms in total. The molecule has 2 aliphatic rings. The number of hydrogen-bond donors (Lipinski definition) is 0. The van der Waals surface area contributed by atoms with Crippen molar-refractivity contribution < 1.29 is 14.1 Å². The summed E-state index contributed by atoms with van der Waals surface area (Å²) >= 11 is 0. The fourth-order valence-electron chi connectivity index (χ4n) is 4.17. The minimum absolute atomic E-state index is 0.127. The smallest absolute Gasteiger partial charge is 0.223 e. The van der Waals surface area contributed by atoms with Crippen LogP contribution in [-0.4, -0.2) is 47.8 Å². The molecule has 1 aromatic heterocycles. The normalized spacial score (nSPS) is 21.3. The van der Waals surface area contributed by atoms with Crippen LogP contribution in [-0.2, 0) is 14.9 Å². The second kappa shape index (κ2) is 7.64. The van der Waals surface area contributed by atoms with Gasteiger partial charge in [-0.05, 0) is 38.0 Å². The zero-order valence-electron chi connectivity index (χ0n) is 14.9. The van der Waals surface area contributed by atoms with Gasteiger partial charge in [-0.2, -0.15) is 4.98 Å². The van der Waals surface area contributed by atoms with Gasteiger partial charge >= 0.3 is 0 Å². The number of aromatic nitrogens is 2. The number of amides is 1. The summed E-state index contributed by atoms with van der Waals surface area (Å²) in [5, 5.41) is 4.17. The van der Waals surface area contributed by atoms with Crippen molar-refractivity contribution in [1.82, 2.24) is 15.0 Å². The molecule has 0 radical (unpaired) electrons. The van der Waals surface area contributed by atoms with Crippen molar-refractivity contribution in [3.63, 3.8) is 0 Å². The molecule has 1 aliphatic carbocycles. The largest absolute Gasteiger partial charge is 0.385 e. The Balaban J connectivity index is 1.62. The number of carbonyl (C=O) groups is 1. The average molecular weight is 335 g/mol. The van der Waals surface area contributed by atoms with Gasteiger partial charge in [0.1, 0.15) is 0 Å². The summed E-state index contributed by atoms with van der Waals surface area (Å²) in [4.78, 5) is 19.1. The number of ether oxygens (including phenoxy) is 1. The fraction of sp³-hybridized carbons (Fsp3) is 0.833. The molecule has 2 fully saturated rings. The number of hydrogen-bond acceptors (Lipinski definition) is 5. The van der Waals surface area contributed by atoms with Crippen molar-refractivity contribution in [2.45, 2.75) is 63.7 Å². The van der Waals surface area contributed by atoms with E-state index >= 15 is 0 Å². The van der Waals surface area contributed by atoms with E-state index < -0.39 is 0 Å². The lowest BCUT2D eigenvalue weighted by Crippen LogP contribution is -2.46. The Bertz CT molecular complexity index is 543. The molecule has 6 heteroatoms. The van der Waals surface area contributed by atoms with Gasteiger partial charge in [-0.3, -0.25) is 4.79 Å². The summed E-state index contributed by atoms with van der Waals surface area (Å²) < 4.78 is 10.5. The van der Waals surface area contributed by atoms with E-state index in [9.17, 15) is 4.79 Å². The highest BCUT2D eigenvalue weighted by atomic mass is 16.5. The summed E-state index contributed by atoms with van der Waals surface area (Å²) in [6.45, 7) is 4.05. The molecule has 0 unspecified atom stereocenters. The monoisotopic (exact) mass is 335 g/mol. The molecule has 2 heterocycles. The zero-order valence-corrected chi connectivity index (χ0v) is 14.9. The topological polar surface area (TPSA) is 68.5 Å². The summed E-state index contributed by atoms with van der Waals surface area (Å²) in [7, 11) is 1.72. The average Bonchev–Trinajstić information content (AvgIpc) is 3.25. The van der Waals surface area contributed by atoms with Gasteiger partial charge in [0.15, 0.2) is 5.82 Å².